The lowest BCUT2D eigenvalue weighted by atomic mass is 10.0. The smallest absolute Gasteiger partial charge is 0.457 e. The number of carbonyl (C=O) groups is 1. The lowest BCUT2D eigenvalue weighted by Crippen LogP contribution is -2.28. The summed E-state index contributed by atoms with van der Waals surface area (Å²) in [5, 5.41) is 0. The van der Waals surface area contributed by atoms with Gasteiger partial charge in [-0.25, -0.2) is 4.57 Å². The van der Waals surface area contributed by atoms with Crippen molar-refractivity contribution in [2.24, 2.45) is 5.73 Å². The zero-order chi connectivity index (χ0) is 48.7. The molecule has 0 radical (unpaired) electrons. The first-order valence-corrected chi connectivity index (χ1v) is 30.8. The molecule has 0 aliphatic heterocycles. The van der Waals surface area contributed by atoms with Gasteiger partial charge in [-0.3, -0.25) is 13.8 Å². The molecule has 0 fully saturated rings. The average Bonchev–Trinajstić information content (AvgIpc) is 3.32. The van der Waals surface area contributed by atoms with Crippen molar-refractivity contribution in [3.8, 4) is 0 Å². The van der Waals surface area contributed by atoms with E-state index in [9.17, 15) is 14.3 Å². The van der Waals surface area contributed by atoms with Crippen molar-refractivity contribution in [2.45, 2.75) is 309 Å². The van der Waals surface area contributed by atoms with Crippen LogP contribution in [-0.2, 0) is 27.9 Å². The van der Waals surface area contributed by atoms with Crippen LogP contribution in [0.3, 0.4) is 0 Å². The standard InChI is InChI=1S/C58H114NO7P/c1-3-5-7-9-11-13-15-17-19-21-23-25-27-28-30-32-34-36-38-40-42-44-46-48-50-53-63-55-57(56-65-67(61,62)64-54-52-59)66-58(60)51-49-47-45-43-41-39-37-35-33-31-29-26-24-22-20-18-16-14-12-10-8-6-4-2/h16,18,22,24,57H,3-15,17,19-21,23,25-56,59H2,1-2H3,(H,61,62)/b18-16-,24-22-. The van der Waals surface area contributed by atoms with Crippen molar-refractivity contribution in [2.75, 3.05) is 33.0 Å². The van der Waals surface area contributed by atoms with E-state index in [1.165, 1.54) is 244 Å². The summed E-state index contributed by atoms with van der Waals surface area (Å²) in [5.41, 5.74) is 5.41. The second-order valence-electron chi connectivity index (χ2n) is 19.9. The van der Waals surface area contributed by atoms with Gasteiger partial charge in [0.25, 0.3) is 0 Å². The molecule has 0 aromatic carbocycles. The second-order valence-corrected chi connectivity index (χ2v) is 21.3. The minimum absolute atomic E-state index is 0.0929. The van der Waals surface area contributed by atoms with E-state index < -0.39 is 13.9 Å². The van der Waals surface area contributed by atoms with E-state index in [1.807, 2.05) is 0 Å². The van der Waals surface area contributed by atoms with Crippen molar-refractivity contribution in [1.82, 2.24) is 0 Å². The van der Waals surface area contributed by atoms with Gasteiger partial charge in [0.2, 0.25) is 0 Å². The number of phosphoric acid groups is 1. The van der Waals surface area contributed by atoms with Crippen LogP contribution in [0.15, 0.2) is 24.3 Å². The number of nitrogens with two attached hydrogens (primary N) is 1. The Morgan fingerprint density at radius 2 is 0.791 bits per heavy atom. The minimum Gasteiger partial charge on any atom is -0.457 e. The number of allylic oxidation sites excluding steroid dienone is 4. The Balaban J connectivity index is 3.84. The molecule has 398 valence electrons. The summed E-state index contributed by atoms with van der Waals surface area (Å²) in [6.07, 6.45) is 66.6. The normalized spacial score (nSPS) is 13.3. The lowest BCUT2D eigenvalue weighted by Gasteiger charge is -2.20. The Morgan fingerprint density at radius 3 is 1.16 bits per heavy atom. The van der Waals surface area contributed by atoms with Gasteiger partial charge in [0, 0.05) is 19.6 Å². The Bertz CT molecular complexity index is 1090. The van der Waals surface area contributed by atoms with Gasteiger partial charge in [-0.2, -0.15) is 0 Å². The maximum Gasteiger partial charge on any atom is 0.472 e. The molecule has 0 aliphatic carbocycles. The van der Waals surface area contributed by atoms with Crippen molar-refractivity contribution >= 4 is 13.8 Å². The molecule has 0 amide bonds. The van der Waals surface area contributed by atoms with Gasteiger partial charge in [0.1, 0.15) is 6.10 Å². The first-order chi connectivity index (χ1) is 32.9. The Hall–Kier alpha value is -1.02. The van der Waals surface area contributed by atoms with E-state index in [1.54, 1.807) is 0 Å². The molecule has 0 saturated carbocycles. The third-order valence-electron chi connectivity index (χ3n) is 13.1. The molecule has 9 heteroatoms. The number of carbonyl (C=O) groups excluding carboxylic acids is 1. The fourth-order valence-electron chi connectivity index (χ4n) is 8.80. The van der Waals surface area contributed by atoms with E-state index in [2.05, 4.69) is 38.2 Å². The fraction of sp³-hybridized carbons (Fsp3) is 0.914. The summed E-state index contributed by atoms with van der Waals surface area (Å²) in [6.45, 7) is 4.99. The third kappa shape index (κ3) is 55.8. The zero-order valence-corrected chi connectivity index (χ0v) is 45.6. The number of esters is 1. The monoisotopic (exact) mass is 968 g/mol. The first-order valence-electron chi connectivity index (χ1n) is 29.3. The highest BCUT2D eigenvalue weighted by atomic mass is 31.2. The summed E-state index contributed by atoms with van der Waals surface area (Å²) >= 11 is 0. The maximum atomic E-state index is 12.7. The number of unbranched alkanes of at least 4 members (excludes halogenated alkanes) is 40. The van der Waals surface area contributed by atoms with Gasteiger partial charge >= 0.3 is 13.8 Å². The number of hydrogen-bond donors (Lipinski definition) is 2. The van der Waals surface area contributed by atoms with Crippen LogP contribution in [0.5, 0.6) is 0 Å². The molecule has 2 atom stereocenters. The minimum atomic E-state index is -4.28. The number of rotatable bonds is 57. The van der Waals surface area contributed by atoms with Crippen LogP contribution in [0.1, 0.15) is 303 Å². The number of phosphoric ester groups is 1. The maximum absolute atomic E-state index is 12.7. The molecule has 0 spiro atoms. The fourth-order valence-corrected chi connectivity index (χ4v) is 9.56. The molecule has 0 rings (SSSR count). The van der Waals surface area contributed by atoms with Crippen LogP contribution >= 0.6 is 7.82 Å². The molecule has 2 unspecified atom stereocenters. The molecule has 8 nitrogen and oxygen atoms in total. The van der Waals surface area contributed by atoms with Crippen molar-refractivity contribution in [3.63, 3.8) is 0 Å². The summed E-state index contributed by atoms with van der Waals surface area (Å²) in [5.74, 6) is -0.325. The zero-order valence-electron chi connectivity index (χ0n) is 44.7. The van der Waals surface area contributed by atoms with Crippen molar-refractivity contribution in [1.29, 1.82) is 0 Å². The van der Waals surface area contributed by atoms with Crippen LogP contribution < -0.4 is 5.73 Å². The third-order valence-corrected chi connectivity index (χ3v) is 14.1. The highest BCUT2D eigenvalue weighted by Gasteiger charge is 2.25. The molecular weight excluding hydrogens is 854 g/mol. The molecule has 67 heavy (non-hydrogen) atoms. The van der Waals surface area contributed by atoms with Crippen LogP contribution in [0.25, 0.3) is 0 Å². The topological polar surface area (TPSA) is 117 Å². The molecule has 3 N–H and O–H groups in total. The van der Waals surface area contributed by atoms with Gasteiger partial charge in [-0.1, -0.05) is 276 Å². The van der Waals surface area contributed by atoms with Gasteiger partial charge in [-0.15, -0.1) is 0 Å². The van der Waals surface area contributed by atoms with Gasteiger partial charge in [-0.05, 0) is 44.9 Å². The van der Waals surface area contributed by atoms with Crippen molar-refractivity contribution in [3.05, 3.63) is 24.3 Å². The van der Waals surface area contributed by atoms with E-state index in [0.29, 0.717) is 13.0 Å². The summed E-state index contributed by atoms with van der Waals surface area (Å²) in [4.78, 5) is 22.7. The SMILES string of the molecule is CCCCCCC/C=C\C/C=C\CCCCCCCCCCCCCC(=O)OC(COCCCCCCCCCCCCCCCCCCCCCCCCCCC)COP(=O)(O)OCCN. The Labute approximate surface area is 416 Å². The second kappa shape index (κ2) is 55.9. The Morgan fingerprint density at radius 1 is 0.448 bits per heavy atom. The van der Waals surface area contributed by atoms with Gasteiger partial charge in [0.15, 0.2) is 0 Å². The molecule has 0 aromatic rings. The van der Waals surface area contributed by atoms with Gasteiger partial charge in [0.05, 0.1) is 19.8 Å². The predicted molar refractivity (Wildman–Crippen MR) is 289 cm³/mol. The van der Waals surface area contributed by atoms with E-state index in [4.69, 9.17) is 24.3 Å². The first kappa shape index (κ1) is 66.0. The number of ether oxygens (including phenoxy) is 2. The molecule has 0 heterocycles. The van der Waals surface area contributed by atoms with E-state index in [-0.39, 0.29) is 32.3 Å². The molecule has 0 aromatic heterocycles. The van der Waals surface area contributed by atoms with E-state index in [0.717, 1.165) is 38.5 Å². The summed E-state index contributed by atoms with van der Waals surface area (Å²) in [6, 6.07) is 0. The average molecular weight is 969 g/mol. The van der Waals surface area contributed by atoms with Crippen LogP contribution in [0.4, 0.5) is 0 Å². The molecular formula is C58H114NO7P. The molecule has 0 aliphatic rings. The van der Waals surface area contributed by atoms with Crippen molar-refractivity contribution < 1.29 is 32.8 Å². The highest BCUT2D eigenvalue weighted by molar-refractivity contribution is 7.47. The number of hydrogen-bond acceptors (Lipinski definition) is 7. The highest BCUT2D eigenvalue weighted by Crippen LogP contribution is 2.43. The molecule has 0 bridgehead atoms. The molecule has 0 saturated heterocycles. The van der Waals surface area contributed by atoms with E-state index >= 15 is 0 Å². The largest absolute Gasteiger partial charge is 0.472 e. The summed E-state index contributed by atoms with van der Waals surface area (Å²) in [7, 11) is -4.28. The predicted octanol–water partition coefficient (Wildman–Crippen LogP) is 18.7. The van der Waals surface area contributed by atoms with Crippen LogP contribution in [0, 0.1) is 0 Å². The summed E-state index contributed by atoms with van der Waals surface area (Å²) < 4.78 is 33.7. The van der Waals surface area contributed by atoms with Crippen LogP contribution in [-0.4, -0.2) is 49.9 Å². The van der Waals surface area contributed by atoms with Gasteiger partial charge < -0.3 is 20.1 Å². The van der Waals surface area contributed by atoms with Crippen LogP contribution in [0.2, 0.25) is 0 Å². The lowest BCUT2D eigenvalue weighted by molar-refractivity contribution is -0.154. The Kier molecular flexibility index (Phi) is 55.1. The quantitative estimate of drug-likeness (QED) is 0.0268.